The minimum absolute atomic E-state index is 0.181. The molecular weight excluding hydrogens is 288 g/mol. The van der Waals surface area contributed by atoms with E-state index in [0.29, 0.717) is 10.2 Å². The fourth-order valence-electron chi connectivity index (χ4n) is 1.25. The van der Waals surface area contributed by atoms with E-state index in [-0.39, 0.29) is 5.92 Å². The molecule has 0 spiro atoms. The highest BCUT2D eigenvalue weighted by atomic mass is 79.9. The number of nitrogens with zero attached hydrogens (tertiary/aromatic N) is 1. The number of aliphatic carboxylic acids is 1. The molecule has 17 heavy (non-hydrogen) atoms. The summed E-state index contributed by atoms with van der Waals surface area (Å²) < 4.78 is 0.618. The number of amides is 1. The number of pyridine rings is 1. The highest BCUT2D eigenvalue weighted by Gasteiger charge is 2.23. The summed E-state index contributed by atoms with van der Waals surface area (Å²) in [5.74, 6) is -1.66. The predicted molar refractivity (Wildman–Crippen MR) is 65.7 cm³/mol. The number of carbonyl (C=O) groups is 2. The van der Waals surface area contributed by atoms with Crippen molar-refractivity contribution in [2.45, 2.75) is 19.9 Å². The van der Waals surface area contributed by atoms with Crippen LogP contribution in [-0.4, -0.2) is 28.0 Å². The zero-order valence-electron chi connectivity index (χ0n) is 9.48. The Balaban J connectivity index is 2.77. The van der Waals surface area contributed by atoms with Crippen LogP contribution in [0, 0.1) is 5.92 Å². The van der Waals surface area contributed by atoms with Crippen LogP contribution >= 0.6 is 15.9 Å². The van der Waals surface area contributed by atoms with Gasteiger partial charge < -0.3 is 10.4 Å². The van der Waals surface area contributed by atoms with Gasteiger partial charge in [0.1, 0.15) is 10.6 Å². The molecule has 0 aliphatic carbocycles. The Morgan fingerprint density at radius 2 is 2.06 bits per heavy atom. The van der Waals surface area contributed by atoms with Gasteiger partial charge in [-0.2, -0.15) is 0 Å². The van der Waals surface area contributed by atoms with Gasteiger partial charge in [0.2, 0.25) is 0 Å². The van der Waals surface area contributed by atoms with Gasteiger partial charge in [-0.3, -0.25) is 4.79 Å². The number of carboxylic acid groups (broad SMARTS) is 1. The number of carbonyl (C=O) groups excluding carboxylic acids is 1. The van der Waals surface area contributed by atoms with Crippen LogP contribution in [0.2, 0.25) is 0 Å². The van der Waals surface area contributed by atoms with Gasteiger partial charge in [0, 0.05) is 6.20 Å². The molecule has 6 heteroatoms. The highest BCUT2D eigenvalue weighted by molar-refractivity contribution is 9.10. The molecule has 1 amide bonds. The Labute approximate surface area is 107 Å². The first-order valence-electron chi connectivity index (χ1n) is 5.07. The standard InChI is InChI=1S/C11H13BrN2O3/c1-6(2)9(11(16)17)14-10(15)7-3-4-8(12)13-5-7/h3-6,9H,1-2H3,(H,14,15)(H,16,17). The predicted octanol–water partition coefficient (Wildman–Crippen LogP) is 1.68. The maximum atomic E-state index is 11.7. The van der Waals surface area contributed by atoms with Crippen LogP contribution in [0.1, 0.15) is 24.2 Å². The smallest absolute Gasteiger partial charge is 0.326 e. The molecule has 0 aliphatic heterocycles. The number of aromatic nitrogens is 1. The van der Waals surface area contributed by atoms with Crippen molar-refractivity contribution in [3.05, 3.63) is 28.5 Å². The quantitative estimate of drug-likeness (QED) is 0.829. The van der Waals surface area contributed by atoms with E-state index < -0.39 is 17.9 Å². The number of halogens is 1. The molecule has 0 aromatic carbocycles. The van der Waals surface area contributed by atoms with Crippen molar-refractivity contribution in [3.63, 3.8) is 0 Å². The third-order valence-electron chi connectivity index (χ3n) is 2.21. The van der Waals surface area contributed by atoms with Crippen molar-refractivity contribution < 1.29 is 14.7 Å². The molecule has 5 nitrogen and oxygen atoms in total. The lowest BCUT2D eigenvalue weighted by atomic mass is 10.0. The first-order chi connectivity index (χ1) is 7.91. The molecule has 1 rings (SSSR count). The molecular formula is C11H13BrN2O3. The summed E-state index contributed by atoms with van der Waals surface area (Å²) in [5, 5.41) is 11.4. The second kappa shape index (κ2) is 5.77. The van der Waals surface area contributed by atoms with E-state index in [1.54, 1.807) is 26.0 Å². The lowest BCUT2D eigenvalue weighted by Crippen LogP contribution is -2.44. The Hall–Kier alpha value is -1.43. The number of hydrogen-bond donors (Lipinski definition) is 2. The number of carboxylic acids is 1. The first kappa shape index (κ1) is 13.6. The van der Waals surface area contributed by atoms with E-state index in [2.05, 4.69) is 26.2 Å². The topological polar surface area (TPSA) is 79.3 Å². The molecule has 0 aliphatic rings. The fourth-order valence-corrected chi connectivity index (χ4v) is 1.48. The van der Waals surface area contributed by atoms with E-state index in [4.69, 9.17) is 5.11 Å². The highest BCUT2D eigenvalue weighted by Crippen LogP contribution is 2.08. The summed E-state index contributed by atoms with van der Waals surface area (Å²) in [6.07, 6.45) is 1.39. The second-order valence-corrected chi connectivity index (χ2v) is 4.72. The summed E-state index contributed by atoms with van der Waals surface area (Å²) in [7, 11) is 0. The van der Waals surface area contributed by atoms with Crippen LogP contribution in [0.5, 0.6) is 0 Å². The van der Waals surface area contributed by atoms with E-state index >= 15 is 0 Å². The summed E-state index contributed by atoms with van der Waals surface area (Å²) in [4.78, 5) is 26.6. The summed E-state index contributed by atoms with van der Waals surface area (Å²) in [5.41, 5.74) is 0.333. The van der Waals surface area contributed by atoms with Gasteiger partial charge >= 0.3 is 5.97 Å². The van der Waals surface area contributed by atoms with Crippen molar-refractivity contribution in [1.82, 2.24) is 10.3 Å². The van der Waals surface area contributed by atoms with Gasteiger partial charge in [-0.05, 0) is 34.0 Å². The van der Waals surface area contributed by atoms with Crippen molar-refractivity contribution in [2.75, 3.05) is 0 Å². The first-order valence-corrected chi connectivity index (χ1v) is 5.86. The molecule has 1 heterocycles. The molecule has 1 aromatic rings. The SMILES string of the molecule is CC(C)C(NC(=O)c1ccc(Br)nc1)C(=O)O. The maximum absolute atomic E-state index is 11.7. The van der Waals surface area contributed by atoms with Gasteiger partial charge in [0.25, 0.3) is 5.91 Å². The molecule has 0 radical (unpaired) electrons. The average molecular weight is 301 g/mol. The lowest BCUT2D eigenvalue weighted by molar-refractivity contribution is -0.140. The van der Waals surface area contributed by atoms with Crippen LogP contribution in [-0.2, 0) is 4.79 Å². The lowest BCUT2D eigenvalue weighted by Gasteiger charge is -2.17. The van der Waals surface area contributed by atoms with Crippen LogP contribution < -0.4 is 5.32 Å². The van der Waals surface area contributed by atoms with Gasteiger partial charge in [-0.1, -0.05) is 13.8 Å². The average Bonchev–Trinajstić information content (AvgIpc) is 2.25. The van der Waals surface area contributed by atoms with Crippen molar-refractivity contribution >= 4 is 27.8 Å². The summed E-state index contributed by atoms with van der Waals surface area (Å²) >= 11 is 3.15. The monoisotopic (exact) mass is 300 g/mol. The van der Waals surface area contributed by atoms with E-state index in [1.807, 2.05) is 0 Å². The molecule has 0 saturated heterocycles. The normalized spacial score (nSPS) is 12.2. The summed E-state index contributed by atoms with van der Waals surface area (Å²) in [6, 6.07) is 2.30. The largest absolute Gasteiger partial charge is 0.480 e. The van der Waals surface area contributed by atoms with Gasteiger partial charge in [0.15, 0.2) is 0 Å². The molecule has 1 aromatic heterocycles. The summed E-state index contributed by atoms with van der Waals surface area (Å²) in [6.45, 7) is 3.47. The minimum Gasteiger partial charge on any atom is -0.480 e. The second-order valence-electron chi connectivity index (χ2n) is 3.90. The Morgan fingerprint density at radius 3 is 2.47 bits per heavy atom. The maximum Gasteiger partial charge on any atom is 0.326 e. The number of rotatable bonds is 4. The third kappa shape index (κ3) is 3.81. The minimum atomic E-state index is -1.04. The van der Waals surface area contributed by atoms with Crippen LogP contribution in [0.4, 0.5) is 0 Å². The number of hydrogen-bond acceptors (Lipinski definition) is 3. The van der Waals surface area contributed by atoms with Crippen molar-refractivity contribution in [2.24, 2.45) is 5.92 Å². The zero-order chi connectivity index (χ0) is 13.0. The Bertz CT molecular complexity index is 417. The van der Waals surface area contributed by atoms with Crippen LogP contribution in [0.15, 0.2) is 22.9 Å². The fraction of sp³-hybridized carbons (Fsp3) is 0.364. The molecule has 0 bridgehead atoms. The van der Waals surface area contributed by atoms with Gasteiger partial charge in [-0.15, -0.1) is 0 Å². The third-order valence-corrected chi connectivity index (χ3v) is 2.68. The molecule has 0 saturated carbocycles. The van der Waals surface area contributed by atoms with Crippen molar-refractivity contribution in [3.8, 4) is 0 Å². The molecule has 1 atom stereocenters. The van der Waals surface area contributed by atoms with Crippen LogP contribution in [0.3, 0.4) is 0 Å². The van der Waals surface area contributed by atoms with Crippen LogP contribution in [0.25, 0.3) is 0 Å². The Morgan fingerprint density at radius 1 is 1.41 bits per heavy atom. The van der Waals surface area contributed by atoms with Crippen molar-refractivity contribution in [1.29, 1.82) is 0 Å². The van der Waals surface area contributed by atoms with Gasteiger partial charge in [-0.25, -0.2) is 9.78 Å². The van der Waals surface area contributed by atoms with E-state index in [9.17, 15) is 9.59 Å². The number of nitrogens with one attached hydrogen (secondary N) is 1. The molecule has 0 fully saturated rings. The molecule has 1 unspecified atom stereocenters. The van der Waals surface area contributed by atoms with Gasteiger partial charge in [0.05, 0.1) is 5.56 Å². The van der Waals surface area contributed by atoms with E-state index in [0.717, 1.165) is 0 Å². The molecule has 92 valence electrons. The van der Waals surface area contributed by atoms with E-state index in [1.165, 1.54) is 6.20 Å². The zero-order valence-corrected chi connectivity index (χ0v) is 11.1. The Kier molecular flexibility index (Phi) is 4.62. The molecule has 2 N–H and O–H groups in total.